The fourth-order valence-corrected chi connectivity index (χ4v) is 1.51. The molecule has 3 N–H and O–H groups in total. The van der Waals surface area contributed by atoms with E-state index in [9.17, 15) is 18.0 Å². The molecule has 1 aromatic rings. The number of alkyl halides is 3. The summed E-state index contributed by atoms with van der Waals surface area (Å²) in [5, 5.41) is 2.69. The van der Waals surface area contributed by atoms with Crippen LogP contribution in [0, 0.1) is 12.3 Å². The highest BCUT2D eigenvalue weighted by Crippen LogP contribution is 2.29. The number of carbonyl (C=O) groups excluding carboxylic acids is 1. The zero-order chi connectivity index (χ0) is 15.2. The maximum Gasteiger partial charge on any atom is 0.433 e. The molecule has 0 aliphatic heterocycles. The summed E-state index contributed by atoms with van der Waals surface area (Å²) in [6.07, 6.45) is 2.48. The number of halogens is 3. The molecule has 0 unspecified atom stereocenters. The Kier molecular flexibility index (Phi) is 5.38. The summed E-state index contributed by atoms with van der Waals surface area (Å²) >= 11 is 0. The Balaban J connectivity index is 2.85. The molecule has 0 saturated heterocycles. The third-order valence-corrected chi connectivity index (χ3v) is 2.49. The van der Waals surface area contributed by atoms with E-state index < -0.39 is 17.8 Å². The highest BCUT2D eigenvalue weighted by molar-refractivity contribution is 5.97. The molecule has 0 fully saturated rings. The molecule has 0 aliphatic rings. The molecule has 1 rings (SSSR count). The minimum Gasteiger partial charge on any atom is -0.369 e. The van der Waals surface area contributed by atoms with Crippen LogP contribution in [-0.4, -0.2) is 17.4 Å². The minimum absolute atomic E-state index is 0.0741. The van der Waals surface area contributed by atoms with Crippen molar-refractivity contribution in [2.45, 2.75) is 25.4 Å². The molecule has 1 amide bonds. The Labute approximate surface area is 114 Å². The van der Waals surface area contributed by atoms with Gasteiger partial charge in [0.25, 0.3) is 5.91 Å². The third kappa shape index (κ3) is 4.46. The molecule has 0 bridgehead atoms. The van der Waals surface area contributed by atoms with E-state index in [1.165, 1.54) is 0 Å². The van der Waals surface area contributed by atoms with E-state index in [2.05, 4.69) is 16.2 Å². The van der Waals surface area contributed by atoms with Crippen molar-refractivity contribution in [1.82, 2.24) is 4.98 Å². The number of rotatable bonds is 6. The van der Waals surface area contributed by atoms with Crippen molar-refractivity contribution < 1.29 is 18.0 Å². The standard InChI is InChI=1S/C13H14F3N3O/c1-2-3-4-5-8-18-12-9(11(17)20)6-7-10(19-12)13(14,15)16/h1,6-7H,3-5,8H2,(H2,17,20)(H,18,19). The first-order valence-electron chi connectivity index (χ1n) is 5.91. The monoisotopic (exact) mass is 285 g/mol. The number of pyridine rings is 1. The van der Waals surface area contributed by atoms with Gasteiger partial charge in [-0.05, 0) is 25.0 Å². The maximum absolute atomic E-state index is 12.6. The topological polar surface area (TPSA) is 68.0 Å². The molecule has 0 aromatic carbocycles. The van der Waals surface area contributed by atoms with Gasteiger partial charge in [0.05, 0.1) is 5.56 Å². The van der Waals surface area contributed by atoms with Gasteiger partial charge in [0, 0.05) is 13.0 Å². The average molecular weight is 285 g/mol. The molecule has 1 heterocycles. The molecule has 0 atom stereocenters. The molecule has 0 aliphatic carbocycles. The summed E-state index contributed by atoms with van der Waals surface area (Å²) in [5.41, 5.74) is 3.95. The van der Waals surface area contributed by atoms with E-state index in [4.69, 9.17) is 12.2 Å². The second-order valence-corrected chi connectivity index (χ2v) is 4.04. The van der Waals surface area contributed by atoms with Crippen molar-refractivity contribution in [1.29, 1.82) is 0 Å². The lowest BCUT2D eigenvalue weighted by molar-refractivity contribution is -0.141. The zero-order valence-corrected chi connectivity index (χ0v) is 10.6. The second kappa shape index (κ2) is 6.80. The number of primary amides is 1. The Morgan fingerprint density at radius 1 is 1.40 bits per heavy atom. The van der Waals surface area contributed by atoms with Crippen molar-refractivity contribution in [3.63, 3.8) is 0 Å². The van der Waals surface area contributed by atoms with Crippen molar-refractivity contribution in [2.24, 2.45) is 5.73 Å². The lowest BCUT2D eigenvalue weighted by Gasteiger charge is -2.12. The number of terminal acetylenes is 1. The number of carbonyl (C=O) groups is 1. The highest BCUT2D eigenvalue weighted by atomic mass is 19.4. The quantitative estimate of drug-likeness (QED) is 0.623. The molecule has 108 valence electrons. The number of anilines is 1. The van der Waals surface area contributed by atoms with Crippen molar-refractivity contribution >= 4 is 11.7 Å². The van der Waals surface area contributed by atoms with Crippen molar-refractivity contribution in [3.05, 3.63) is 23.4 Å². The summed E-state index contributed by atoms with van der Waals surface area (Å²) in [6.45, 7) is 0.357. The number of amides is 1. The molecule has 20 heavy (non-hydrogen) atoms. The van der Waals surface area contributed by atoms with E-state index in [-0.39, 0.29) is 11.4 Å². The van der Waals surface area contributed by atoms with Crippen LogP contribution in [0.2, 0.25) is 0 Å². The first-order valence-corrected chi connectivity index (χ1v) is 5.91. The molecule has 0 spiro atoms. The van der Waals surface area contributed by atoms with Gasteiger partial charge in [0.2, 0.25) is 0 Å². The van der Waals surface area contributed by atoms with E-state index in [0.29, 0.717) is 19.4 Å². The van der Waals surface area contributed by atoms with Crippen LogP contribution in [0.1, 0.15) is 35.3 Å². The van der Waals surface area contributed by atoms with E-state index in [1.807, 2.05) is 0 Å². The van der Waals surface area contributed by atoms with Gasteiger partial charge in [-0.1, -0.05) is 0 Å². The number of nitrogens with zero attached hydrogens (tertiary/aromatic N) is 1. The minimum atomic E-state index is -4.57. The highest BCUT2D eigenvalue weighted by Gasteiger charge is 2.33. The van der Waals surface area contributed by atoms with Crippen LogP contribution in [0.5, 0.6) is 0 Å². The first-order chi connectivity index (χ1) is 9.36. The maximum atomic E-state index is 12.6. The molecule has 4 nitrogen and oxygen atoms in total. The number of hydrogen-bond acceptors (Lipinski definition) is 3. The van der Waals surface area contributed by atoms with E-state index in [0.717, 1.165) is 18.6 Å². The number of hydrogen-bond donors (Lipinski definition) is 2. The van der Waals surface area contributed by atoms with Gasteiger partial charge in [0.15, 0.2) is 0 Å². The molecule has 0 saturated carbocycles. The van der Waals surface area contributed by atoms with Gasteiger partial charge in [-0.15, -0.1) is 12.3 Å². The molecule has 1 aromatic heterocycles. The van der Waals surface area contributed by atoms with Crippen molar-refractivity contribution in [3.8, 4) is 12.3 Å². The molecular formula is C13H14F3N3O. The Morgan fingerprint density at radius 3 is 2.65 bits per heavy atom. The normalized spacial score (nSPS) is 10.9. The number of nitrogens with one attached hydrogen (secondary N) is 1. The summed E-state index contributed by atoms with van der Waals surface area (Å²) in [5.74, 6) is 1.46. The van der Waals surface area contributed by atoms with Crippen LogP contribution in [0.3, 0.4) is 0 Å². The molecule has 7 heteroatoms. The predicted molar refractivity (Wildman–Crippen MR) is 68.9 cm³/mol. The zero-order valence-electron chi connectivity index (χ0n) is 10.6. The first kappa shape index (κ1) is 15.8. The van der Waals surface area contributed by atoms with Gasteiger partial charge in [-0.3, -0.25) is 4.79 Å². The van der Waals surface area contributed by atoms with Crippen LogP contribution in [0.25, 0.3) is 0 Å². The largest absolute Gasteiger partial charge is 0.433 e. The third-order valence-electron chi connectivity index (χ3n) is 2.49. The van der Waals surface area contributed by atoms with Crippen LogP contribution >= 0.6 is 0 Å². The van der Waals surface area contributed by atoms with Gasteiger partial charge in [0.1, 0.15) is 11.5 Å². The van der Waals surface area contributed by atoms with Crippen LogP contribution in [0.15, 0.2) is 12.1 Å². The molecule has 0 radical (unpaired) electrons. The van der Waals surface area contributed by atoms with Gasteiger partial charge < -0.3 is 11.1 Å². The number of unbranched alkanes of at least 4 members (excludes halogenated alkanes) is 2. The average Bonchev–Trinajstić information content (AvgIpc) is 2.37. The lowest BCUT2D eigenvalue weighted by Crippen LogP contribution is -2.18. The fraction of sp³-hybridized carbons (Fsp3) is 0.385. The van der Waals surface area contributed by atoms with Gasteiger partial charge in [-0.2, -0.15) is 13.2 Å². The Bertz CT molecular complexity index is 521. The summed E-state index contributed by atoms with van der Waals surface area (Å²) in [7, 11) is 0. The lowest BCUT2D eigenvalue weighted by atomic mass is 10.2. The summed E-state index contributed by atoms with van der Waals surface area (Å²) in [6, 6.07) is 1.74. The van der Waals surface area contributed by atoms with Crippen LogP contribution in [0.4, 0.5) is 19.0 Å². The Hall–Kier alpha value is -2.23. The van der Waals surface area contributed by atoms with Gasteiger partial charge in [-0.25, -0.2) is 4.98 Å². The second-order valence-electron chi connectivity index (χ2n) is 4.04. The Morgan fingerprint density at radius 2 is 2.10 bits per heavy atom. The fourth-order valence-electron chi connectivity index (χ4n) is 1.51. The smallest absolute Gasteiger partial charge is 0.369 e. The van der Waals surface area contributed by atoms with Crippen LogP contribution in [-0.2, 0) is 6.18 Å². The van der Waals surface area contributed by atoms with E-state index >= 15 is 0 Å². The molecular weight excluding hydrogens is 271 g/mol. The SMILES string of the molecule is C#CCCCCNc1nc(C(F)(F)F)ccc1C(N)=O. The summed E-state index contributed by atoms with van der Waals surface area (Å²) < 4.78 is 37.7. The van der Waals surface area contributed by atoms with E-state index in [1.54, 1.807) is 0 Å². The number of nitrogens with two attached hydrogens (primary N) is 1. The number of aromatic nitrogens is 1. The van der Waals surface area contributed by atoms with Crippen LogP contribution < -0.4 is 11.1 Å². The van der Waals surface area contributed by atoms with Crippen molar-refractivity contribution in [2.75, 3.05) is 11.9 Å². The summed E-state index contributed by atoms with van der Waals surface area (Å²) in [4.78, 5) is 14.6. The van der Waals surface area contributed by atoms with Gasteiger partial charge >= 0.3 is 6.18 Å². The predicted octanol–water partition coefficient (Wildman–Crippen LogP) is 2.41.